The molecule has 0 heterocycles. The first-order valence-corrected chi connectivity index (χ1v) is 7.80. The van der Waals surface area contributed by atoms with Gasteiger partial charge in [-0.2, -0.15) is 0 Å². The summed E-state index contributed by atoms with van der Waals surface area (Å²) in [5.41, 5.74) is 0.177. The molecular formula is C17H22BrNO. The number of nitrogens with one attached hydrogen (secondary N) is 1. The maximum Gasteiger partial charge on any atom is 0.119 e. The predicted molar refractivity (Wildman–Crippen MR) is 89.5 cm³/mol. The van der Waals surface area contributed by atoms with Crippen molar-refractivity contribution in [3.8, 4) is 5.75 Å². The Balaban J connectivity index is 1.86. The molecule has 108 valence electrons. The quantitative estimate of drug-likeness (QED) is 0.795. The van der Waals surface area contributed by atoms with Crippen LogP contribution in [0.4, 0.5) is 0 Å². The molecule has 3 heteroatoms. The maximum atomic E-state index is 5.81. The van der Waals surface area contributed by atoms with Crippen molar-refractivity contribution in [2.24, 2.45) is 0 Å². The van der Waals surface area contributed by atoms with Crippen LogP contribution in [0.3, 0.4) is 0 Å². The van der Waals surface area contributed by atoms with Crippen molar-refractivity contribution >= 4 is 26.7 Å². The standard InChI is InChI=1S/C17H22BrNO/c1-17(2,3)19-9-4-10-20-16-8-6-13-11-15(18)7-5-14(13)12-16/h5-8,11-12,19H,4,9-10H2,1-3H3. The fourth-order valence-electron chi connectivity index (χ4n) is 2.01. The molecule has 2 aromatic rings. The van der Waals surface area contributed by atoms with Crippen LogP contribution in [-0.4, -0.2) is 18.7 Å². The Morgan fingerprint density at radius 2 is 1.75 bits per heavy atom. The van der Waals surface area contributed by atoms with Crippen LogP contribution >= 0.6 is 15.9 Å². The number of benzene rings is 2. The summed E-state index contributed by atoms with van der Waals surface area (Å²) in [7, 11) is 0. The molecule has 0 aliphatic heterocycles. The molecule has 0 bridgehead atoms. The highest BCUT2D eigenvalue weighted by molar-refractivity contribution is 9.10. The van der Waals surface area contributed by atoms with E-state index in [2.05, 4.69) is 72.3 Å². The lowest BCUT2D eigenvalue weighted by Gasteiger charge is -2.20. The van der Waals surface area contributed by atoms with E-state index in [0.717, 1.165) is 29.8 Å². The molecule has 20 heavy (non-hydrogen) atoms. The highest BCUT2D eigenvalue weighted by Crippen LogP contribution is 2.24. The zero-order valence-electron chi connectivity index (χ0n) is 12.4. The average molecular weight is 336 g/mol. The second-order valence-corrected chi connectivity index (χ2v) is 6.95. The van der Waals surface area contributed by atoms with Gasteiger partial charge in [-0.1, -0.05) is 28.1 Å². The molecule has 1 N–H and O–H groups in total. The summed E-state index contributed by atoms with van der Waals surface area (Å²) >= 11 is 3.49. The SMILES string of the molecule is CC(C)(C)NCCCOc1ccc2cc(Br)ccc2c1. The second-order valence-electron chi connectivity index (χ2n) is 6.03. The smallest absolute Gasteiger partial charge is 0.119 e. The molecular weight excluding hydrogens is 314 g/mol. The van der Waals surface area contributed by atoms with Gasteiger partial charge in [-0.3, -0.25) is 0 Å². The van der Waals surface area contributed by atoms with Crippen LogP contribution in [0.15, 0.2) is 40.9 Å². The van der Waals surface area contributed by atoms with Gasteiger partial charge in [0, 0.05) is 10.0 Å². The van der Waals surface area contributed by atoms with Gasteiger partial charge in [0.2, 0.25) is 0 Å². The Hall–Kier alpha value is -1.06. The van der Waals surface area contributed by atoms with Crippen molar-refractivity contribution in [1.29, 1.82) is 0 Å². The summed E-state index contributed by atoms with van der Waals surface area (Å²) in [5.74, 6) is 0.940. The molecule has 0 radical (unpaired) electrons. The number of halogens is 1. The Bertz CT molecular complexity index is 575. The Morgan fingerprint density at radius 1 is 1.05 bits per heavy atom. The minimum Gasteiger partial charge on any atom is -0.494 e. The highest BCUT2D eigenvalue weighted by atomic mass is 79.9. The van der Waals surface area contributed by atoms with Crippen LogP contribution in [0, 0.1) is 0 Å². The van der Waals surface area contributed by atoms with Gasteiger partial charge >= 0.3 is 0 Å². The predicted octanol–water partition coefficient (Wildman–Crippen LogP) is 4.76. The van der Waals surface area contributed by atoms with Crippen molar-refractivity contribution < 1.29 is 4.74 Å². The van der Waals surface area contributed by atoms with Crippen LogP contribution in [0.1, 0.15) is 27.2 Å². The number of rotatable bonds is 5. The van der Waals surface area contributed by atoms with Crippen molar-refractivity contribution in [3.63, 3.8) is 0 Å². The van der Waals surface area contributed by atoms with Crippen LogP contribution in [0.2, 0.25) is 0 Å². The Morgan fingerprint density at radius 3 is 2.50 bits per heavy atom. The van der Waals surface area contributed by atoms with E-state index in [1.54, 1.807) is 0 Å². The summed E-state index contributed by atoms with van der Waals surface area (Å²) in [6.45, 7) is 8.25. The minimum absolute atomic E-state index is 0.177. The number of hydrogen-bond donors (Lipinski definition) is 1. The first-order chi connectivity index (χ1) is 9.44. The van der Waals surface area contributed by atoms with Gasteiger partial charge in [-0.15, -0.1) is 0 Å². The van der Waals surface area contributed by atoms with E-state index in [0.29, 0.717) is 0 Å². The zero-order valence-corrected chi connectivity index (χ0v) is 14.0. The van der Waals surface area contributed by atoms with Crippen molar-refractivity contribution in [1.82, 2.24) is 5.32 Å². The molecule has 0 atom stereocenters. The van der Waals surface area contributed by atoms with E-state index in [-0.39, 0.29) is 5.54 Å². The van der Waals surface area contributed by atoms with E-state index >= 15 is 0 Å². The maximum absolute atomic E-state index is 5.81. The highest BCUT2D eigenvalue weighted by Gasteiger charge is 2.07. The Labute approximate surface area is 129 Å². The first-order valence-electron chi connectivity index (χ1n) is 7.01. The number of fused-ring (bicyclic) bond motifs is 1. The summed E-state index contributed by atoms with van der Waals surface area (Å²) in [4.78, 5) is 0. The molecule has 0 spiro atoms. The van der Waals surface area contributed by atoms with Crippen LogP contribution in [-0.2, 0) is 0 Å². The van der Waals surface area contributed by atoms with Crippen molar-refractivity contribution in [3.05, 3.63) is 40.9 Å². The fraction of sp³-hybridized carbons (Fsp3) is 0.412. The summed E-state index contributed by atoms with van der Waals surface area (Å²) in [5, 5.41) is 5.89. The molecule has 0 saturated heterocycles. The Kier molecular flexibility index (Phi) is 5.06. The largest absolute Gasteiger partial charge is 0.494 e. The lowest BCUT2D eigenvalue weighted by molar-refractivity contribution is 0.298. The zero-order chi connectivity index (χ0) is 14.6. The third kappa shape index (κ3) is 4.80. The van der Waals surface area contributed by atoms with Gasteiger partial charge in [0.1, 0.15) is 5.75 Å². The molecule has 0 saturated carbocycles. The van der Waals surface area contributed by atoms with Crippen LogP contribution < -0.4 is 10.1 Å². The van der Waals surface area contributed by atoms with Crippen molar-refractivity contribution in [2.75, 3.05) is 13.2 Å². The minimum atomic E-state index is 0.177. The number of hydrogen-bond acceptors (Lipinski definition) is 2. The average Bonchev–Trinajstić information content (AvgIpc) is 2.37. The van der Waals surface area contributed by atoms with E-state index in [1.165, 1.54) is 10.8 Å². The van der Waals surface area contributed by atoms with Gasteiger partial charge in [0.05, 0.1) is 6.61 Å². The van der Waals surface area contributed by atoms with Crippen LogP contribution in [0.25, 0.3) is 10.8 Å². The lowest BCUT2D eigenvalue weighted by Crippen LogP contribution is -2.36. The van der Waals surface area contributed by atoms with Gasteiger partial charge in [0.25, 0.3) is 0 Å². The van der Waals surface area contributed by atoms with E-state index in [4.69, 9.17) is 4.74 Å². The third-order valence-corrected chi connectivity index (χ3v) is 3.51. The number of ether oxygens (including phenoxy) is 1. The molecule has 0 aliphatic rings. The fourth-order valence-corrected chi connectivity index (χ4v) is 2.39. The van der Waals surface area contributed by atoms with E-state index in [1.807, 2.05) is 6.07 Å². The monoisotopic (exact) mass is 335 g/mol. The van der Waals surface area contributed by atoms with Gasteiger partial charge in [0.15, 0.2) is 0 Å². The van der Waals surface area contributed by atoms with Gasteiger partial charge in [-0.05, 0) is 68.8 Å². The molecule has 2 rings (SSSR count). The van der Waals surface area contributed by atoms with Gasteiger partial charge < -0.3 is 10.1 Å². The van der Waals surface area contributed by atoms with E-state index < -0.39 is 0 Å². The van der Waals surface area contributed by atoms with E-state index in [9.17, 15) is 0 Å². The second kappa shape index (κ2) is 6.59. The molecule has 0 unspecified atom stereocenters. The lowest BCUT2D eigenvalue weighted by atomic mass is 10.1. The molecule has 0 fully saturated rings. The summed E-state index contributed by atoms with van der Waals surface area (Å²) < 4.78 is 6.91. The molecule has 0 aromatic heterocycles. The van der Waals surface area contributed by atoms with Gasteiger partial charge in [-0.25, -0.2) is 0 Å². The molecule has 0 aliphatic carbocycles. The molecule has 0 amide bonds. The van der Waals surface area contributed by atoms with Crippen molar-refractivity contribution in [2.45, 2.75) is 32.7 Å². The topological polar surface area (TPSA) is 21.3 Å². The van der Waals surface area contributed by atoms with Crippen LogP contribution in [0.5, 0.6) is 5.75 Å². The molecule has 2 aromatic carbocycles. The summed E-state index contributed by atoms with van der Waals surface area (Å²) in [6.07, 6.45) is 1.01. The third-order valence-electron chi connectivity index (χ3n) is 3.02. The first kappa shape index (κ1) is 15.3. The normalized spacial score (nSPS) is 11.8. The molecule has 2 nitrogen and oxygen atoms in total. The summed E-state index contributed by atoms with van der Waals surface area (Å²) in [6, 6.07) is 12.5.